The Morgan fingerprint density at radius 3 is 0.833 bits per heavy atom. The normalized spacial score (nSPS) is 11.5. The van der Waals surface area contributed by atoms with Gasteiger partial charge in [0.1, 0.15) is 0 Å². The van der Waals surface area contributed by atoms with Gasteiger partial charge in [-0.15, -0.1) is 0 Å². The smallest absolute Gasteiger partial charge is 0.166 e. The lowest BCUT2D eigenvalue weighted by molar-refractivity contribution is 1.06. The molecule has 0 saturated carbocycles. The second-order valence-corrected chi connectivity index (χ2v) is 25.0. The van der Waals surface area contributed by atoms with Gasteiger partial charge in [-0.25, -0.2) is 29.9 Å². The molecule has 0 spiro atoms. The summed E-state index contributed by atoms with van der Waals surface area (Å²) in [4.78, 5) is 32.0. The highest BCUT2D eigenvalue weighted by atomic mass is 15.1. The molecule has 4 aromatic heterocycles. The summed E-state index contributed by atoms with van der Waals surface area (Å²) in [6.45, 7) is 8.67. The molecule has 17 rings (SSSR count). The van der Waals surface area contributed by atoms with Gasteiger partial charge in [0.25, 0.3) is 0 Å². The molecule has 0 amide bonds. The first-order chi connectivity index (χ1) is 47.2. The molecule has 96 heavy (non-hydrogen) atoms. The summed E-state index contributed by atoms with van der Waals surface area (Å²) in [5.41, 5.74) is 25.2. The summed E-state index contributed by atoms with van der Waals surface area (Å²) in [5.74, 6) is 3.47. The molecule has 0 atom stereocenters. The maximum atomic E-state index is 5.43. The summed E-state index contributed by atoms with van der Waals surface area (Å²) < 4.78 is 4.77. The molecule has 13 aromatic carbocycles. The van der Waals surface area contributed by atoms with Crippen LogP contribution in [0.4, 0.5) is 0 Å². The van der Waals surface area contributed by atoms with Crippen molar-refractivity contribution in [3.63, 3.8) is 0 Å². The fraction of sp³-hybridized carbons (Fsp3) is 0.0455. The number of para-hydroxylation sites is 2. The Hall–Kier alpha value is -12.5. The van der Waals surface area contributed by atoms with Crippen molar-refractivity contribution >= 4 is 43.6 Å². The van der Waals surface area contributed by atoms with Crippen LogP contribution in [0.15, 0.2) is 303 Å². The van der Waals surface area contributed by atoms with E-state index in [0.29, 0.717) is 34.9 Å². The number of aryl methyl sites for hydroxylation is 4. The predicted molar refractivity (Wildman–Crippen MR) is 395 cm³/mol. The van der Waals surface area contributed by atoms with Gasteiger partial charge in [-0.05, 0) is 139 Å². The molecule has 0 aliphatic heterocycles. The number of fused-ring (bicyclic) bond motifs is 6. The SMILES string of the molecule is Cc1cc(C)cc(-c2ccc3c(c2)c2ccccc2n3-c2ccc(-c3cccc(-c4ccc(-n5c6ccccc6c6cc(-c7cc(C)cc(C)c7)ccc65)c(-c5nc(-c6ccccc6)nc(-c6ccccc6)n5)c4)c3)cc2-c2nc(-c3ccccc3)nc(-c3ccccc3)n2)c1. The van der Waals surface area contributed by atoms with Gasteiger partial charge in [-0.2, -0.15) is 0 Å². The van der Waals surface area contributed by atoms with Gasteiger partial charge < -0.3 is 9.13 Å². The lowest BCUT2D eigenvalue weighted by Crippen LogP contribution is -2.04. The van der Waals surface area contributed by atoms with Gasteiger partial charge in [-0.1, -0.05) is 259 Å². The predicted octanol–water partition coefficient (Wildman–Crippen LogP) is 22.2. The molecule has 8 nitrogen and oxygen atoms in total. The van der Waals surface area contributed by atoms with Crippen LogP contribution in [0.1, 0.15) is 22.3 Å². The second-order valence-electron chi connectivity index (χ2n) is 25.0. The van der Waals surface area contributed by atoms with Crippen LogP contribution < -0.4 is 0 Å². The van der Waals surface area contributed by atoms with Crippen LogP contribution in [-0.2, 0) is 0 Å². The van der Waals surface area contributed by atoms with E-state index in [-0.39, 0.29) is 0 Å². The molecule has 0 N–H and O–H groups in total. The van der Waals surface area contributed by atoms with E-state index in [1.165, 1.54) is 44.5 Å². The highest BCUT2D eigenvalue weighted by Crippen LogP contribution is 2.43. The first-order valence-corrected chi connectivity index (χ1v) is 32.6. The molecule has 0 saturated heterocycles. The van der Waals surface area contributed by atoms with Gasteiger partial charge >= 0.3 is 0 Å². The van der Waals surface area contributed by atoms with E-state index < -0.39 is 0 Å². The Morgan fingerprint density at radius 2 is 0.469 bits per heavy atom. The molecule has 0 radical (unpaired) electrons. The zero-order valence-corrected chi connectivity index (χ0v) is 53.4. The molecule has 0 aliphatic rings. The van der Waals surface area contributed by atoms with Crippen molar-refractivity contribution in [3.8, 4) is 124 Å². The monoisotopic (exact) mass is 1230 g/mol. The molecule has 4 heterocycles. The van der Waals surface area contributed by atoms with Gasteiger partial charge in [0.05, 0.1) is 33.4 Å². The van der Waals surface area contributed by atoms with Gasteiger partial charge in [0.2, 0.25) is 0 Å². The fourth-order valence-corrected chi connectivity index (χ4v) is 14.0. The number of hydrogen-bond donors (Lipinski definition) is 0. The molecule has 8 heteroatoms. The second kappa shape index (κ2) is 23.9. The topological polar surface area (TPSA) is 87.2 Å². The quantitative estimate of drug-likeness (QED) is 0.121. The van der Waals surface area contributed by atoms with Crippen LogP contribution >= 0.6 is 0 Å². The minimum absolute atomic E-state index is 0.558. The van der Waals surface area contributed by atoms with Crippen LogP contribution in [0, 0.1) is 27.7 Å². The number of rotatable bonds is 12. The van der Waals surface area contributed by atoms with Crippen LogP contribution in [-0.4, -0.2) is 39.0 Å². The highest BCUT2D eigenvalue weighted by molar-refractivity contribution is 6.12. The van der Waals surface area contributed by atoms with E-state index in [9.17, 15) is 0 Å². The Balaban J connectivity index is 0.870. The van der Waals surface area contributed by atoms with Crippen LogP contribution in [0.5, 0.6) is 0 Å². The third kappa shape index (κ3) is 10.6. The van der Waals surface area contributed by atoms with Crippen LogP contribution in [0.25, 0.3) is 168 Å². The van der Waals surface area contributed by atoms with E-state index in [1.807, 2.05) is 72.8 Å². The molecule has 0 fully saturated rings. The maximum Gasteiger partial charge on any atom is 0.166 e. The molecular formula is C88H62N8. The third-order valence-corrected chi connectivity index (χ3v) is 18.3. The molecule has 0 bridgehead atoms. The molecule has 0 unspecified atom stereocenters. The summed E-state index contributed by atoms with van der Waals surface area (Å²) in [6.07, 6.45) is 0. The van der Waals surface area contributed by atoms with Crippen LogP contribution in [0.2, 0.25) is 0 Å². The first kappa shape index (κ1) is 57.4. The Bertz CT molecular complexity index is 5360. The highest BCUT2D eigenvalue weighted by Gasteiger charge is 2.24. The summed E-state index contributed by atoms with van der Waals surface area (Å²) >= 11 is 0. The van der Waals surface area contributed by atoms with E-state index in [2.05, 4.69) is 267 Å². The average Bonchev–Trinajstić information content (AvgIpc) is 1.56. The maximum absolute atomic E-state index is 5.43. The number of hydrogen-bond acceptors (Lipinski definition) is 6. The summed E-state index contributed by atoms with van der Waals surface area (Å²) in [6, 6.07) is 108. The van der Waals surface area contributed by atoms with Crippen molar-refractivity contribution in [2.75, 3.05) is 0 Å². The fourth-order valence-electron chi connectivity index (χ4n) is 14.0. The van der Waals surface area contributed by atoms with Gasteiger partial charge in [0, 0.05) is 54.9 Å². The van der Waals surface area contributed by atoms with Crippen molar-refractivity contribution in [3.05, 3.63) is 326 Å². The average molecular weight is 1230 g/mol. The number of aromatic nitrogens is 8. The molecule has 17 aromatic rings. The molecule has 0 aliphatic carbocycles. The largest absolute Gasteiger partial charge is 0.309 e. The first-order valence-electron chi connectivity index (χ1n) is 32.6. The number of nitrogens with zero attached hydrogens (tertiary/aromatic N) is 8. The van der Waals surface area contributed by atoms with Crippen molar-refractivity contribution < 1.29 is 0 Å². The Kier molecular flexibility index (Phi) is 14.3. The Labute approximate surface area is 556 Å². The molecule has 454 valence electrons. The lowest BCUT2D eigenvalue weighted by Gasteiger charge is -2.17. The van der Waals surface area contributed by atoms with E-state index in [0.717, 1.165) is 111 Å². The summed E-state index contributed by atoms with van der Waals surface area (Å²) in [5, 5.41) is 4.63. The lowest BCUT2D eigenvalue weighted by atomic mass is 9.95. The van der Waals surface area contributed by atoms with Crippen molar-refractivity contribution in [1.29, 1.82) is 0 Å². The number of benzene rings is 13. The summed E-state index contributed by atoms with van der Waals surface area (Å²) in [7, 11) is 0. The van der Waals surface area contributed by atoms with Crippen molar-refractivity contribution in [2.45, 2.75) is 27.7 Å². The minimum atomic E-state index is 0.558. The van der Waals surface area contributed by atoms with Crippen LogP contribution in [0.3, 0.4) is 0 Å². The Morgan fingerprint density at radius 1 is 0.188 bits per heavy atom. The van der Waals surface area contributed by atoms with Gasteiger partial charge in [-0.3, -0.25) is 0 Å². The van der Waals surface area contributed by atoms with E-state index >= 15 is 0 Å². The minimum Gasteiger partial charge on any atom is -0.309 e. The standard InChI is InChI=1S/C88H62N8/c1-55-44-56(2)47-69(46-55)67-38-40-79-73(51-67)71-32-17-19-34-77(71)95(79)81-42-36-65(53-75(81)87-91-83(59-22-9-5-10-23-59)89-84(92-87)60-24-11-6-12-25-60)63-30-21-31-64(50-63)66-37-43-82(76(54-66)88-93-85(61-26-13-7-14-27-61)90-86(94-88)62-28-15-8-16-29-62)96-78-35-20-18-33-72(78)74-52-68(39-41-80(74)96)70-48-57(3)45-58(4)49-70/h5-54H,1-4H3. The van der Waals surface area contributed by atoms with Crippen molar-refractivity contribution in [2.24, 2.45) is 0 Å². The zero-order chi connectivity index (χ0) is 64.4. The third-order valence-electron chi connectivity index (χ3n) is 18.3. The van der Waals surface area contributed by atoms with Crippen molar-refractivity contribution in [1.82, 2.24) is 39.0 Å². The van der Waals surface area contributed by atoms with E-state index in [1.54, 1.807) is 0 Å². The molecular weight excluding hydrogens is 1170 g/mol. The zero-order valence-electron chi connectivity index (χ0n) is 53.4. The van der Waals surface area contributed by atoms with Gasteiger partial charge in [0.15, 0.2) is 34.9 Å². The van der Waals surface area contributed by atoms with E-state index in [4.69, 9.17) is 29.9 Å².